The van der Waals surface area contributed by atoms with Crippen LogP contribution < -0.4 is 5.73 Å². The van der Waals surface area contributed by atoms with Crippen LogP contribution in [0.15, 0.2) is 0 Å². The first-order valence-electron chi connectivity index (χ1n) is 3.68. The van der Waals surface area contributed by atoms with Crippen LogP contribution in [-0.4, -0.2) is 29.6 Å². The summed E-state index contributed by atoms with van der Waals surface area (Å²) in [5.74, 6) is 1.59. The molecule has 0 amide bonds. The van der Waals surface area contributed by atoms with E-state index in [1.54, 1.807) is 18.7 Å². The number of hydrogen-bond acceptors (Lipinski definition) is 4. The number of carbonyl (C=O) groups excluding carboxylic acids is 1. The molecule has 1 fully saturated rings. The van der Waals surface area contributed by atoms with Crippen molar-refractivity contribution in [2.45, 2.75) is 18.9 Å². The number of esters is 1. The van der Waals surface area contributed by atoms with Gasteiger partial charge in [-0.1, -0.05) is 0 Å². The lowest BCUT2D eigenvalue weighted by molar-refractivity contribution is -0.144. The minimum Gasteiger partial charge on any atom is -0.466 e. The molecular formula is C7H13NO2S. The third-order valence-electron chi connectivity index (χ3n) is 1.58. The van der Waals surface area contributed by atoms with Gasteiger partial charge in [0, 0.05) is 17.0 Å². The summed E-state index contributed by atoms with van der Waals surface area (Å²) < 4.78 is 4.79. The van der Waals surface area contributed by atoms with E-state index >= 15 is 0 Å². The zero-order chi connectivity index (χ0) is 8.32. The third kappa shape index (κ3) is 2.38. The van der Waals surface area contributed by atoms with Crippen molar-refractivity contribution in [2.24, 2.45) is 5.73 Å². The number of nitrogens with two attached hydrogens (primary N) is 1. The second-order valence-corrected chi connectivity index (χ2v) is 3.82. The Kier molecular flexibility index (Phi) is 2.78. The Balaban J connectivity index is 2.23. The minimum absolute atomic E-state index is 0.171. The molecule has 1 rings (SSSR count). The normalized spacial score (nSPS) is 20.5. The van der Waals surface area contributed by atoms with E-state index in [0.717, 1.165) is 11.5 Å². The summed E-state index contributed by atoms with van der Waals surface area (Å²) in [5, 5.41) is 0. The highest BCUT2D eigenvalue weighted by Crippen LogP contribution is 2.29. The molecule has 0 unspecified atom stereocenters. The molecule has 0 aromatic carbocycles. The van der Waals surface area contributed by atoms with Gasteiger partial charge in [0.15, 0.2) is 0 Å². The van der Waals surface area contributed by atoms with Gasteiger partial charge < -0.3 is 10.5 Å². The van der Waals surface area contributed by atoms with Gasteiger partial charge in [0.25, 0.3) is 0 Å². The average molecular weight is 175 g/mol. The van der Waals surface area contributed by atoms with Gasteiger partial charge in [0.2, 0.25) is 0 Å². The van der Waals surface area contributed by atoms with Gasteiger partial charge in [-0.2, -0.15) is 11.8 Å². The van der Waals surface area contributed by atoms with Gasteiger partial charge in [-0.25, -0.2) is 0 Å². The standard InChI is InChI=1S/C7H13NO2S/c1-2-10-6(9)3-7(8)4-11-5-7/h2-5,8H2,1H3. The highest BCUT2D eigenvalue weighted by Gasteiger charge is 2.35. The maximum atomic E-state index is 10.9. The van der Waals surface area contributed by atoms with E-state index in [0.29, 0.717) is 13.0 Å². The lowest BCUT2D eigenvalue weighted by Crippen LogP contribution is -2.53. The summed E-state index contributed by atoms with van der Waals surface area (Å²) in [4.78, 5) is 10.9. The van der Waals surface area contributed by atoms with E-state index in [9.17, 15) is 4.79 Å². The summed E-state index contributed by atoms with van der Waals surface area (Å²) in [6.45, 7) is 2.25. The predicted molar refractivity (Wildman–Crippen MR) is 45.5 cm³/mol. The first-order chi connectivity index (χ1) is 5.16. The number of ether oxygens (including phenoxy) is 1. The molecule has 0 saturated carbocycles. The molecular weight excluding hydrogens is 162 g/mol. The highest BCUT2D eigenvalue weighted by molar-refractivity contribution is 8.00. The molecule has 0 bridgehead atoms. The van der Waals surface area contributed by atoms with Crippen LogP contribution in [0.25, 0.3) is 0 Å². The number of rotatable bonds is 3. The van der Waals surface area contributed by atoms with Gasteiger partial charge in [-0.15, -0.1) is 0 Å². The lowest BCUT2D eigenvalue weighted by atomic mass is 10.0. The molecule has 0 spiro atoms. The Hall–Kier alpha value is -0.220. The summed E-state index contributed by atoms with van der Waals surface area (Å²) in [5.41, 5.74) is 5.55. The van der Waals surface area contributed by atoms with Crippen LogP contribution in [0.2, 0.25) is 0 Å². The lowest BCUT2D eigenvalue weighted by Gasteiger charge is -2.36. The van der Waals surface area contributed by atoms with Crippen molar-refractivity contribution in [1.82, 2.24) is 0 Å². The summed E-state index contributed by atoms with van der Waals surface area (Å²) >= 11 is 1.77. The van der Waals surface area contributed by atoms with E-state index in [4.69, 9.17) is 10.5 Å². The first-order valence-corrected chi connectivity index (χ1v) is 4.84. The van der Waals surface area contributed by atoms with Crippen LogP contribution in [-0.2, 0) is 9.53 Å². The second kappa shape index (κ2) is 3.45. The van der Waals surface area contributed by atoms with Crippen molar-refractivity contribution >= 4 is 17.7 Å². The molecule has 1 aliphatic heterocycles. The molecule has 1 saturated heterocycles. The summed E-state index contributed by atoms with van der Waals surface area (Å²) in [7, 11) is 0. The third-order valence-corrected chi connectivity index (χ3v) is 3.14. The SMILES string of the molecule is CCOC(=O)CC1(N)CSC1. The smallest absolute Gasteiger partial charge is 0.307 e. The van der Waals surface area contributed by atoms with E-state index in [2.05, 4.69) is 0 Å². The van der Waals surface area contributed by atoms with Crippen LogP contribution >= 0.6 is 11.8 Å². The number of carbonyl (C=O) groups is 1. The fourth-order valence-corrected chi connectivity index (χ4v) is 1.90. The molecule has 4 heteroatoms. The fourth-order valence-electron chi connectivity index (χ4n) is 0.966. The monoisotopic (exact) mass is 175 g/mol. The van der Waals surface area contributed by atoms with Crippen molar-refractivity contribution in [1.29, 1.82) is 0 Å². The van der Waals surface area contributed by atoms with Gasteiger partial charge in [-0.3, -0.25) is 4.79 Å². The zero-order valence-electron chi connectivity index (χ0n) is 6.63. The van der Waals surface area contributed by atoms with Crippen molar-refractivity contribution < 1.29 is 9.53 Å². The van der Waals surface area contributed by atoms with Gasteiger partial charge >= 0.3 is 5.97 Å². The number of thioether (sulfide) groups is 1. The quantitative estimate of drug-likeness (QED) is 0.630. The molecule has 0 atom stereocenters. The maximum Gasteiger partial charge on any atom is 0.307 e. The van der Waals surface area contributed by atoms with E-state index < -0.39 is 0 Å². The van der Waals surface area contributed by atoms with Crippen LogP contribution in [0.4, 0.5) is 0 Å². The Morgan fingerprint density at radius 3 is 2.73 bits per heavy atom. The van der Waals surface area contributed by atoms with Crippen LogP contribution in [0.5, 0.6) is 0 Å². The van der Waals surface area contributed by atoms with Gasteiger partial charge in [-0.05, 0) is 6.92 Å². The average Bonchev–Trinajstić information content (AvgIpc) is 1.85. The molecule has 3 nitrogen and oxygen atoms in total. The van der Waals surface area contributed by atoms with Crippen LogP contribution in [0, 0.1) is 0 Å². The summed E-state index contributed by atoms with van der Waals surface area (Å²) in [6, 6.07) is 0. The minimum atomic E-state index is -0.267. The summed E-state index contributed by atoms with van der Waals surface area (Å²) in [6.07, 6.45) is 0.369. The van der Waals surface area contributed by atoms with Crippen molar-refractivity contribution in [2.75, 3.05) is 18.1 Å². The van der Waals surface area contributed by atoms with Gasteiger partial charge in [0.1, 0.15) is 0 Å². The molecule has 0 aromatic heterocycles. The number of hydrogen-bond donors (Lipinski definition) is 1. The van der Waals surface area contributed by atoms with Crippen LogP contribution in [0.3, 0.4) is 0 Å². The maximum absolute atomic E-state index is 10.9. The Morgan fingerprint density at radius 1 is 1.73 bits per heavy atom. The Bertz CT molecular complexity index is 157. The second-order valence-electron chi connectivity index (χ2n) is 2.84. The molecule has 1 aliphatic rings. The Morgan fingerprint density at radius 2 is 2.36 bits per heavy atom. The molecule has 11 heavy (non-hydrogen) atoms. The molecule has 0 radical (unpaired) electrons. The molecule has 2 N–H and O–H groups in total. The molecule has 0 aliphatic carbocycles. The van der Waals surface area contributed by atoms with E-state index in [1.165, 1.54) is 0 Å². The van der Waals surface area contributed by atoms with Crippen molar-refractivity contribution in [3.63, 3.8) is 0 Å². The van der Waals surface area contributed by atoms with Crippen molar-refractivity contribution in [3.05, 3.63) is 0 Å². The first kappa shape index (κ1) is 8.87. The van der Waals surface area contributed by atoms with Crippen molar-refractivity contribution in [3.8, 4) is 0 Å². The van der Waals surface area contributed by atoms with E-state index in [1.807, 2.05) is 0 Å². The topological polar surface area (TPSA) is 52.3 Å². The molecule has 0 aromatic rings. The highest BCUT2D eigenvalue weighted by atomic mass is 32.2. The fraction of sp³-hybridized carbons (Fsp3) is 0.857. The predicted octanol–water partition coefficient (Wildman–Crippen LogP) is 0.384. The largest absolute Gasteiger partial charge is 0.466 e. The van der Waals surface area contributed by atoms with E-state index in [-0.39, 0.29) is 11.5 Å². The zero-order valence-corrected chi connectivity index (χ0v) is 7.45. The molecule has 1 heterocycles. The molecule has 64 valence electrons. The Labute approximate surface area is 70.7 Å². The van der Waals surface area contributed by atoms with Gasteiger partial charge in [0.05, 0.1) is 13.0 Å². The van der Waals surface area contributed by atoms with Crippen LogP contribution in [0.1, 0.15) is 13.3 Å².